The summed E-state index contributed by atoms with van der Waals surface area (Å²) >= 11 is 0. The van der Waals surface area contributed by atoms with E-state index in [1.807, 2.05) is 6.92 Å². The normalized spacial score (nSPS) is 55.6. The predicted octanol–water partition coefficient (Wildman–Crippen LogP) is -3.32. The highest BCUT2D eigenvalue weighted by Crippen LogP contribution is 2.71. The van der Waals surface area contributed by atoms with Gasteiger partial charge in [0.2, 0.25) is 0 Å². The van der Waals surface area contributed by atoms with Crippen molar-refractivity contribution in [1.29, 1.82) is 0 Å². The molecule has 0 bridgehead atoms. The minimum absolute atomic E-state index is 0.0299. The highest BCUT2D eigenvalue weighted by molar-refractivity contribution is 5.15. The second-order valence-corrected chi connectivity index (χ2v) is 23.8. The number of aliphatic hydroxyl groups excluding tert-OH is 13. The largest absolute Gasteiger partial charge is 0.394 e. The van der Waals surface area contributed by atoms with Crippen LogP contribution in [0, 0.1) is 52.3 Å². The SMILES string of the molecule is CC(CCC1(O)OC2CC3C4CCC5CC(OC6OC(CO)C(O)C(OC7OCC(O)C(O)C7O)C6OC6OC(CO)C(O)C(O)C6O)CCC5(C)C4CCC3(C)C2C1C)COC1OC(CO)C(O)C(O)C1O. The number of rotatable bonds is 15. The first-order valence-electron chi connectivity index (χ1n) is 26.8. The molecule has 9 rings (SSSR count). The number of aliphatic hydroxyl groups is 14. The third-order valence-corrected chi connectivity index (χ3v) is 19.7. The van der Waals surface area contributed by atoms with Crippen LogP contribution in [0.1, 0.15) is 91.9 Å². The quantitative estimate of drug-likeness (QED) is 0.0714. The van der Waals surface area contributed by atoms with Gasteiger partial charge in [-0.3, -0.25) is 0 Å². The molecule has 422 valence electrons. The second-order valence-electron chi connectivity index (χ2n) is 23.8. The maximum Gasteiger partial charge on any atom is 0.187 e. The van der Waals surface area contributed by atoms with Crippen LogP contribution >= 0.6 is 0 Å². The zero-order valence-electron chi connectivity index (χ0n) is 42.2. The molecule has 9 fully saturated rings. The molecule has 31 atom stereocenters. The topological polar surface area (TPSA) is 366 Å². The molecule has 4 aliphatic carbocycles. The highest BCUT2D eigenvalue weighted by atomic mass is 16.8. The molecule has 0 spiro atoms. The van der Waals surface area contributed by atoms with Crippen molar-refractivity contribution in [2.75, 3.05) is 33.0 Å². The van der Waals surface area contributed by atoms with Crippen LogP contribution in [0.2, 0.25) is 0 Å². The van der Waals surface area contributed by atoms with E-state index in [0.717, 1.165) is 38.5 Å². The third kappa shape index (κ3) is 10.3. The van der Waals surface area contributed by atoms with Crippen molar-refractivity contribution >= 4 is 0 Å². The lowest BCUT2D eigenvalue weighted by molar-refractivity contribution is -0.392. The molecule has 0 aromatic rings. The molecular formula is C50H84O23. The summed E-state index contributed by atoms with van der Waals surface area (Å²) in [6.45, 7) is 6.58. The summed E-state index contributed by atoms with van der Waals surface area (Å²) < 4.78 is 54.5. The molecule has 0 radical (unpaired) electrons. The van der Waals surface area contributed by atoms with E-state index in [-0.39, 0.29) is 47.2 Å². The summed E-state index contributed by atoms with van der Waals surface area (Å²) in [6, 6.07) is 0. The van der Waals surface area contributed by atoms with Crippen LogP contribution < -0.4 is 0 Å². The molecule has 0 aromatic carbocycles. The lowest BCUT2D eigenvalue weighted by Gasteiger charge is -2.61. The second kappa shape index (κ2) is 22.3. The van der Waals surface area contributed by atoms with Gasteiger partial charge in [-0.25, -0.2) is 0 Å². The standard InChI is InChI=1S/C50H84O23/c1-20(18-65-44-40(62)37(59)34(56)29(15-51)68-44)7-12-50(64)21(2)32-28(73-50)14-26-24-6-5-22-13-23(8-10-48(22,3)25(24)9-11-49(26,32)4)67-47-43(72-46-41(63)38(60)35(57)30(16-52)69-46)42(36(58)31(17-53)70-47)71-45-39(61)33(55)27(54)19-66-45/h20-47,51-64H,5-19H2,1-4H3. The van der Waals surface area contributed by atoms with Gasteiger partial charge >= 0.3 is 0 Å². The Bertz CT molecular complexity index is 1820. The summed E-state index contributed by atoms with van der Waals surface area (Å²) in [5, 5.41) is 148. The van der Waals surface area contributed by atoms with Gasteiger partial charge in [-0.05, 0) is 104 Å². The van der Waals surface area contributed by atoms with Crippen molar-refractivity contribution in [2.45, 2.75) is 227 Å². The van der Waals surface area contributed by atoms with Crippen molar-refractivity contribution < 1.29 is 114 Å². The Morgan fingerprint density at radius 1 is 0.589 bits per heavy atom. The molecule has 31 unspecified atom stereocenters. The molecular weight excluding hydrogens is 969 g/mol. The van der Waals surface area contributed by atoms with Crippen LogP contribution in [0.4, 0.5) is 0 Å². The maximum absolute atomic E-state index is 12.1. The highest BCUT2D eigenvalue weighted by Gasteiger charge is 2.68. The number of hydrogen-bond acceptors (Lipinski definition) is 23. The maximum atomic E-state index is 12.1. The van der Waals surface area contributed by atoms with E-state index in [9.17, 15) is 71.5 Å². The Morgan fingerprint density at radius 3 is 1.85 bits per heavy atom. The van der Waals surface area contributed by atoms with Gasteiger partial charge in [-0.15, -0.1) is 0 Å². The van der Waals surface area contributed by atoms with Gasteiger partial charge in [0, 0.05) is 12.3 Å². The Labute approximate surface area is 425 Å². The fourth-order valence-electron chi connectivity index (χ4n) is 15.4. The summed E-state index contributed by atoms with van der Waals surface area (Å²) in [7, 11) is 0. The first-order chi connectivity index (χ1) is 34.6. The molecule has 0 aromatic heterocycles. The van der Waals surface area contributed by atoms with E-state index in [1.54, 1.807) is 0 Å². The predicted molar refractivity (Wildman–Crippen MR) is 246 cm³/mol. The fourth-order valence-corrected chi connectivity index (χ4v) is 15.4. The third-order valence-electron chi connectivity index (χ3n) is 19.7. The van der Waals surface area contributed by atoms with Gasteiger partial charge in [0.1, 0.15) is 91.6 Å². The van der Waals surface area contributed by atoms with E-state index < -0.39 is 155 Å². The van der Waals surface area contributed by atoms with Gasteiger partial charge in [-0.2, -0.15) is 0 Å². The zero-order valence-corrected chi connectivity index (χ0v) is 42.2. The molecule has 14 N–H and O–H groups in total. The fraction of sp³-hybridized carbons (Fsp3) is 1.00. The lowest BCUT2D eigenvalue weighted by atomic mass is 9.44. The summed E-state index contributed by atoms with van der Waals surface area (Å²) in [6.07, 6.45) is -21.9. The Kier molecular flexibility index (Phi) is 17.4. The number of ether oxygens (including phenoxy) is 9. The van der Waals surface area contributed by atoms with Gasteiger partial charge in [0.25, 0.3) is 0 Å². The van der Waals surface area contributed by atoms with Crippen LogP contribution in [0.25, 0.3) is 0 Å². The molecule has 5 saturated heterocycles. The lowest BCUT2D eigenvalue weighted by Crippen LogP contribution is -2.67. The van der Waals surface area contributed by atoms with Gasteiger partial charge in [0.05, 0.1) is 45.2 Å². The Balaban J connectivity index is 0.844. The van der Waals surface area contributed by atoms with E-state index in [1.165, 1.54) is 0 Å². The van der Waals surface area contributed by atoms with Crippen molar-refractivity contribution in [3.05, 3.63) is 0 Å². The first-order valence-corrected chi connectivity index (χ1v) is 26.8. The smallest absolute Gasteiger partial charge is 0.187 e. The van der Waals surface area contributed by atoms with Crippen molar-refractivity contribution in [1.82, 2.24) is 0 Å². The summed E-state index contributed by atoms with van der Waals surface area (Å²) in [5.74, 6) is 0.146. The van der Waals surface area contributed by atoms with Gasteiger partial charge < -0.3 is 114 Å². The molecule has 4 saturated carbocycles. The molecule has 5 aliphatic heterocycles. The Morgan fingerprint density at radius 2 is 1.18 bits per heavy atom. The molecule has 23 heteroatoms. The zero-order chi connectivity index (χ0) is 52.6. The van der Waals surface area contributed by atoms with E-state index in [4.69, 9.17) is 42.6 Å². The number of hydrogen-bond donors (Lipinski definition) is 14. The van der Waals surface area contributed by atoms with Gasteiger partial charge in [-0.1, -0.05) is 27.7 Å². The minimum atomic E-state index is -1.86. The van der Waals surface area contributed by atoms with Crippen LogP contribution in [-0.4, -0.2) is 239 Å². The van der Waals surface area contributed by atoms with E-state index in [2.05, 4.69) is 20.8 Å². The van der Waals surface area contributed by atoms with Gasteiger partial charge in [0.15, 0.2) is 30.9 Å². The van der Waals surface area contributed by atoms with Crippen molar-refractivity contribution in [3.8, 4) is 0 Å². The van der Waals surface area contributed by atoms with Crippen LogP contribution in [0.15, 0.2) is 0 Å². The molecule has 0 amide bonds. The molecule has 23 nitrogen and oxygen atoms in total. The minimum Gasteiger partial charge on any atom is -0.394 e. The van der Waals surface area contributed by atoms with E-state index in [0.29, 0.717) is 43.4 Å². The Hall–Kier alpha value is -0.920. The molecule has 9 aliphatic rings. The van der Waals surface area contributed by atoms with Crippen LogP contribution in [0.5, 0.6) is 0 Å². The monoisotopic (exact) mass is 1050 g/mol. The average Bonchev–Trinajstić information content (AvgIpc) is 3.81. The average molecular weight is 1050 g/mol. The molecule has 73 heavy (non-hydrogen) atoms. The molecule has 5 heterocycles. The van der Waals surface area contributed by atoms with Crippen LogP contribution in [-0.2, 0) is 42.6 Å². The number of fused-ring (bicyclic) bond motifs is 7. The summed E-state index contributed by atoms with van der Waals surface area (Å²) in [5.41, 5.74) is -0.0772. The van der Waals surface area contributed by atoms with Crippen molar-refractivity contribution in [2.24, 2.45) is 52.3 Å². The van der Waals surface area contributed by atoms with Crippen LogP contribution in [0.3, 0.4) is 0 Å². The van der Waals surface area contributed by atoms with E-state index >= 15 is 0 Å². The first kappa shape index (κ1) is 56.8. The summed E-state index contributed by atoms with van der Waals surface area (Å²) in [4.78, 5) is 0. The van der Waals surface area contributed by atoms with Crippen molar-refractivity contribution in [3.63, 3.8) is 0 Å².